The van der Waals surface area contributed by atoms with Crippen LogP contribution in [0.4, 0.5) is 10.7 Å². The zero-order valence-corrected chi connectivity index (χ0v) is 13.6. The van der Waals surface area contributed by atoms with Crippen molar-refractivity contribution in [2.45, 2.75) is 38.8 Å². The molecule has 2 atom stereocenters. The van der Waals surface area contributed by atoms with E-state index in [1.54, 1.807) is 6.92 Å². The molecular weight excluding hydrogens is 290 g/mol. The van der Waals surface area contributed by atoms with Crippen LogP contribution in [0.5, 0.6) is 0 Å². The van der Waals surface area contributed by atoms with E-state index in [0.29, 0.717) is 15.9 Å². The van der Waals surface area contributed by atoms with Crippen LogP contribution in [0.3, 0.4) is 0 Å². The van der Waals surface area contributed by atoms with Gasteiger partial charge >= 0.3 is 5.69 Å². The van der Waals surface area contributed by atoms with Gasteiger partial charge in [-0.2, -0.15) is 0 Å². The Morgan fingerprint density at radius 2 is 2.38 bits per heavy atom. The Balaban J connectivity index is 2.18. The van der Waals surface area contributed by atoms with E-state index in [0.717, 1.165) is 26.1 Å². The first-order valence-corrected chi connectivity index (χ1v) is 8.17. The van der Waals surface area contributed by atoms with Crippen molar-refractivity contribution in [3.8, 4) is 0 Å². The minimum Gasteiger partial charge on any atom is -0.388 e. The monoisotopic (exact) mass is 313 g/mol. The van der Waals surface area contributed by atoms with Gasteiger partial charge in [0.25, 0.3) is 0 Å². The number of nitrogens with zero attached hydrogens (tertiary/aromatic N) is 3. The molecule has 2 unspecified atom stereocenters. The number of hydrogen-bond donors (Lipinski definition) is 1. The van der Waals surface area contributed by atoms with E-state index < -0.39 is 6.10 Å². The molecule has 1 fully saturated rings. The molecule has 1 aliphatic heterocycles. The third kappa shape index (κ3) is 3.53. The number of nitro groups is 1. The first-order valence-electron chi connectivity index (χ1n) is 7.35. The van der Waals surface area contributed by atoms with Gasteiger partial charge in [-0.3, -0.25) is 15.0 Å². The number of thiophene rings is 1. The van der Waals surface area contributed by atoms with Crippen LogP contribution in [0.15, 0.2) is 6.07 Å². The molecule has 1 aromatic rings. The summed E-state index contributed by atoms with van der Waals surface area (Å²) < 4.78 is 0. The second kappa shape index (κ2) is 6.72. The van der Waals surface area contributed by atoms with Crippen LogP contribution in [0.1, 0.15) is 37.7 Å². The van der Waals surface area contributed by atoms with Gasteiger partial charge in [0.15, 0.2) is 5.00 Å². The fourth-order valence-corrected chi connectivity index (χ4v) is 3.95. The smallest absolute Gasteiger partial charge is 0.304 e. The molecule has 0 saturated carbocycles. The summed E-state index contributed by atoms with van der Waals surface area (Å²) in [5.74, 6) is 0. The highest BCUT2D eigenvalue weighted by molar-refractivity contribution is 7.16. The quantitative estimate of drug-likeness (QED) is 0.646. The Morgan fingerprint density at radius 3 is 2.95 bits per heavy atom. The van der Waals surface area contributed by atoms with Crippen molar-refractivity contribution < 1.29 is 10.0 Å². The molecule has 6 nitrogen and oxygen atoms in total. The van der Waals surface area contributed by atoms with E-state index in [2.05, 4.69) is 11.8 Å². The average molecular weight is 313 g/mol. The largest absolute Gasteiger partial charge is 0.388 e. The predicted octanol–water partition coefficient (Wildman–Crippen LogP) is 2.63. The lowest BCUT2D eigenvalue weighted by Gasteiger charge is -2.27. The first-order chi connectivity index (χ1) is 9.93. The fourth-order valence-electron chi connectivity index (χ4n) is 2.92. The maximum Gasteiger partial charge on any atom is 0.304 e. The summed E-state index contributed by atoms with van der Waals surface area (Å²) in [7, 11) is 1.90. The Kier molecular flexibility index (Phi) is 5.18. The fraction of sp³-hybridized carbons (Fsp3) is 0.714. The zero-order chi connectivity index (χ0) is 15.6. The highest BCUT2D eigenvalue weighted by Gasteiger charge is 2.28. The normalized spacial score (nSPS) is 20.7. The lowest BCUT2D eigenvalue weighted by Crippen LogP contribution is -2.38. The van der Waals surface area contributed by atoms with Gasteiger partial charge in [0.05, 0.1) is 11.0 Å². The van der Waals surface area contributed by atoms with Crippen LogP contribution >= 0.6 is 11.3 Å². The van der Waals surface area contributed by atoms with Crippen LogP contribution in [0.25, 0.3) is 0 Å². The molecule has 0 amide bonds. The Morgan fingerprint density at radius 1 is 1.67 bits per heavy atom. The Bertz CT molecular complexity index is 504. The number of hydrogen-bond acceptors (Lipinski definition) is 6. The summed E-state index contributed by atoms with van der Waals surface area (Å²) >= 11 is 1.31. The molecule has 1 N–H and O–H groups in total. The molecule has 1 aromatic heterocycles. The van der Waals surface area contributed by atoms with Gasteiger partial charge in [-0.1, -0.05) is 6.92 Å². The summed E-state index contributed by atoms with van der Waals surface area (Å²) in [6.45, 7) is 6.70. The number of likely N-dealkylation sites (tertiary alicyclic amines) is 1. The van der Waals surface area contributed by atoms with E-state index >= 15 is 0 Å². The van der Waals surface area contributed by atoms with E-state index in [1.165, 1.54) is 23.8 Å². The highest BCUT2D eigenvalue weighted by Crippen LogP contribution is 2.40. The minimum atomic E-state index is -0.672. The summed E-state index contributed by atoms with van der Waals surface area (Å²) in [5, 5.41) is 21.5. The third-order valence-corrected chi connectivity index (χ3v) is 5.47. The molecule has 0 spiro atoms. The topological polar surface area (TPSA) is 69.8 Å². The number of anilines is 1. The van der Waals surface area contributed by atoms with E-state index in [4.69, 9.17) is 0 Å². The van der Waals surface area contributed by atoms with Gasteiger partial charge in [-0.15, -0.1) is 11.3 Å². The SMILES string of the molecule is CCN1CCCC1CN(C)c1sc(C(C)O)cc1[N+](=O)[O-]. The van der Waals surface area contributed by atoms with Gasteiger partial charge in [0.1, 0.15) is 0 Å². The Hall–Kier alpha value is -1.18. The van der Waals surface area contributed by atoms with E-state index in [9.17, 15) is 15.2 Å². The standard InChI is InChI=1S/C14H23N3O3S/c1-4-16-7-5-6-11(16)9-15(3)14-12(17(19)20)8-13(21-14)10(2)18/h8,10-11,18H,4-7,9H2,1-3H3. The molecule has 118 valence electrons. The second-order valence-corrected chi connectivity index (χ2v) is 6.64. The molecule has 7 heteroatoms. The third-order valence-electron chi connectivity index (χ3n) is 4.06. The maximum absolute atomic E-state index is 11.2. The Labute approximate surface area is 129 Å². The summed E-state index contributed by atoms with van der Waals surface area (Å²) in [4.78, 5) is 15.9. The minimum absolute atomic E-state index is 0.0967. The second-order valence-electron chi connectivity index (χ2n) is 5.58. The van der Waals surface area contributed by atoms with Crippen molar-refractivity contribution in [2.24, 2.45) is 0 Å². The van der Waals surface area contributed by atoms with Gasteiger partial charge in [-0.25, -0.2) is 0 Å². The average Bonchev–Trinajstić information content (AvgIpc) is 3.04. The number of aliphatic hydroxyl groups excluding tert-OH is 1. The van der Waals surface area contributed by atoms with Crippen molar-refractivity contribution in [1.82, 2.24) is 4.90 Å². The lowest BCUT2D eigenvalue weighted by atomic mass is 10.2. The van der Waals surface area contributed by atoms with Gasteiger partial charge in [0, 0.05) is 30.6 Å². The lowest BCUT2D eigenvalue weighted by molar-refractivity contribution is -0.383. The highest BCUT2D eigenvalue weighted by atomic mass is 32.1. The van der Waals surface area contributed by atoms with Crippen molar-refractivity contribution in [2.75, 3.05) is 31.6 Å². The van der Waals surface area contributed by atoms with Crippen molar-refractivity contribution in [3.63, 3.8) is 0 Å². The molecule has 0 bridgehead atoms. The van der Waals surface area contributed by atoms with Gasteiger partial charge in [0.2, 0.25) is 0 Å². The molecule has 2 rings (SSSR count). The van der Waals surface area contributed by atoms with Crippen molar-refractivity contribution >= 4 is 22.0 Å². The zero-order valence-electron chi connectivity index (χ0n) is 12.8. The molecular formula is C14H23N3O3S. The number of likely N-dealkylation sites (N-methyl/N-ethyl adjacent to an activating group) is 2. The molecule has 1 saturated heterocycles. The van der Waals surface area contributed by atoms with Crippen LogP contribution in [0.2, 0.25) is 0 Å². The van der Waals surface area contributed by atoms with Crippen molar-refractivity contribution in [3.05, 3.63) is 21.1 Å². The molecule has 21 heavy (non-hydrogen) atoms. The first kappa shape index (κ1) is 16.2. The van der Waals surface area contributed by atoms with E-state index in [-0.39, 0.29) is 10.6 Å². The van der Waals surface area contributed by atoms with Crippen LogP contribution < -0.4 is 4.90 Å². The van der Waals surface area contributed by atoms with Crippen LogP contribution in [0, 0.1) is 10.1 Å². The number of rotatable bonds is 6. The summed E-state index contributed by atoms with van der Waals surface area (Å²) in [6, 6.07) is 1.95. The van der Waals surface area contributed by atoms with Crippen LogP contribution in [-0.2, 0) is 0 Å². The predicted molar refractivity (Wildman–Crippen MR) is 85.1 cm³/mol. The van der Waals surface area contributed by atoms with Crippen LogP contribution in [-0.4, -0.2) is 47.7 Å². The summed E-state index contributed by atoms with van der Waals surface area (Å²) in [6.07, 6.45) is 1.66. The molecule has 1 aliphatic rings. The summed E-state index contributed by atoms with van der Waals surface area (Å²) in [5.41, 5.74) is 0.0967. The molecule has 2 heterocycles. The van der Waals surface area contributed by atoms with E-state index in [1.807, 2.05) is 11.9 Å². The number of aliphatic hydroxyl groups is 1. The van der Waals surface area contributed by atoms with Gasteiger partial charge in [-0.05, 0) is 32.9 Å². The maximum atomic E-state index is 11.2. The van der Waals surface area contributed by atoms with Gasteiger partial charge < -0.3 is 10.0 Å². The molecule has 0 aliphatic carbocycles. The molecule has 0 aromatic carbocycles. The van der Waals surface area contributed by atoms with Crippen molar-refractivity contribution in [1.29, 1.82) is 0 Å². The molecule has 0 radical (unpaired) electrons.